The molecule has 0 atom stereocenters. The minimum absolute atomic E-state index is 0.00785. The normalized spacial score (nSPS) is 18.8. The van der Waals surface area contributed by atoms with Crippen LogP contribution in [0.15, 0.2) is 30.3 Å². The van der Waals surface area contributed by atoms with Crippen molar-refractivity contribution in [2.45, 2.75) is 57.4 Å². The van der Waals surface area contributed by atoms with Crippen molar-refractivity contribution in [3.05, 3.63) is 41.8 Å². The van der Waals surface area contributed by atoms with Crippen LogP contribution in [0.3, 0.4) is 0 Å². The summed E-state index contributed by atoms with van der Waals surface area (Å²) in [5, 5.41) is 11.3. The van der Waals surface area contributed by atoms with Crippen LogP contribution in [0.25, 0.3) is 0 Å². The molecule has 1 aromatic heterocycles. The number of aromatic nitrogens is 2. The van der Waals surface area contributed by atoms with Crippen molar-refractivity contribution in [1.82, 2.24) is 19.8 Å². The van der Waals surface area contributed by atoms with Crippen molar-refractivity contribution in [2.75, 3.05) is 50.7 Å². The van der Waals surface area contributed by atoms with E-state index in [9.17, 15) is 27.5 Å². The van der Waals surface area contributed by atoms with E-state index in [1.54, 1.807) is 9.80 Å². The topological polar surface area (TPSA) is 91.3 Å². The first kappa shape index (κ1) is 29.8. The van der Waals surface area contributed by atoms with Crippen molar-refractivity contribution in [1.29, 1.82) is 0 Å². The number of ether oxygens (including phenoxy) is 2. The number of β-amino-alcohol motifs (C(OH)–C–C–N with tert-alkyl or cyclic N) is 1. The monoisotopic (exact) mass is 569 g/mol. The number of hydrogen-bond donors (Lipinski definition) is 1. The number of alkyl halides is 3. The number of aliphatic hydroxyl groups is 1. The second-order valence-corrected chi connectivity index (χ2v) is 11.3. The Kier molecular flexibility index (Phi) is 8.74. The average molecular weight is 570 g/mol. The number of piperidine rings is 1. The molecule has 2 aromatic rings. The summed E-state index contributed by atoms with van der Waals surface area (Å²) in [5.41, 5.74) is -2.81. The first-order valence-electron chi connectivity index (χ1n) is 13.3. The number of rotatable bonds is 5. The van der Waals surface area contributed by atoms with Crippen molar-refractivity contribution in [3.63, 3.8) is 0 Å². The van der Waals surface area contributed by atoms with Crippen LogP contribution in [0.4, 0.5) is 28.3 Å². The summed E-state index contributed by atoms with van der Waals surface area (Å²) in [6.07, 6.45) is -3.79. The molecule has 1 amide bonds. The minimum atomic E-state index is -4.74. The lowest BCUT2D eigenvalue weighted by molar-refractivity contribution is -0.141. The second-order valence-electron chi connectivity index (χ2n) is 11.3. The summed E-state index contributed by atoms with van der Waals surface area (Å²) in [5.74, 6) is -1.12. The molecule has 2 aliphatic heterocycles. The fraction of sp³-hybridized carbons (Fsp3) is 0.593. The molecule has 220 valence electrons. The Bertz CT molecular complexity index is 1180. The molecule has 40 heavy (non-hydrogen) atoms. The standard InChI is InChI=1S/C27H35F4N5O4/c1-25(2,3)40-24(37)36-11-5-10-34(14-15-36)18-26(38)8-12-35(13-9-26)23-32-21(27(29,30)31)17-22(33-23)39-20-7-4-6-19(28)16-20/h4,6-7,16-17,38H,5,8-15,18H2,1-3H3. The van der Waals surface area contributed by atoms with Crippen LogP contribution in [0, 0.1) is 5.82 Å². The Morgan fingerprint density at radius 3 is 2.40 bits per heavy atom. The van der Waals surface area contributed by atoms with Gasteiger partial charge in [-0.1, -0.05) is 6.07 Å². The molecule has 2 saturated heterocycles. The number of anilines is 1. The van der Waals surface area contributed by atoms with E-state index >= 15 is 0 Å². The third kappa shape index (κ3) is 8.17. The minimum Gasteiger partial charge on any atom is -0.444 e. The summed E-state index contributed by atoms with van der Waals surface area (Å²) < 4.78 is 65.2. The Labute approximate surface area is 230 Å². The second kappa shape index (κ2) is 11.7. The Morgan fingerprint density at radius 2 is 1.75 bits per heavy atom. The molecule has 3 heterocycles. The molecular weight excluding hydrogens is 534 g/mol. The molecule has 4 rings (SSSR count). The lowest BCUT2D eigenvalue weighted by Gasteiger charge is -2.41. The fourth-order valence-electron chi connectivity index (χ4n) is 4.74. The molecule has 0 aliphatic carbocycles. The number of nitrogens with zero attached hydrogens (tertiary/aromatic N) is 5. The molecule has 1 N–H and O–H groups in total. The number of halogens is 4. The van der Waals surface area contributed by atoms with Gasteiger partial charge < -0.3 is 24.4 Å². The van der Waals surface area contributed by atoms with Crippen LogP contribution in [0.2, 0.25) is 0 Å². The van der Waals surface area contributed by atoms with Gasteiger partial charge >= 0.3 is 12.3 Å². The van der Waals surface area contributed by atoms with E-state index < -0.39 is 28.9 Å². The summed E-state index contributed by atoms with van der Waals surface area (Å²) in [6.45, 7) is 8.60. The van der Waals surface area contributed by atoms with E-state index in [4.69, 9.17) is 9.47 Å². The highest BCUT2D eigenvalue weighted by Gasteiger charge is 2.38. The number of carbonyl (C=O) groups is 1. The highest BCUT2D eigenvalue weighted by Crippen LogP contribution is 2.34. The SMILES string of the molecule is CC(C)(C)OC(=O)N1CCCN(CC2(O)CCN(c3nc(Oc4cccc(F)c4)cc(C(F)(F)F)n3)CC2)CC1. The van der Waals surface area contributed by atoms with Crippen LogP contribution >= 0.6 is 0 Å². The van der Waals surface area contributed by atoms with Crippen molar-refractivity contribution < 1.29 is 36.9 Å². The van der Waals surface area contributed by atoms with Crippen LogP contribution in [-0.4, -0.2) is 88.0 Å². The van der Waals surface area contributed by atoms with Crippen molar-refractivity contribution >= 4 is 12.0 Å². The first-order chi connectivity index (χ1) is 18.7. The van der Waals surface area contributed by atoms with E-state index in [1.807, 2.05) is 20.8 Å². The maximum atomic E-state index is 13.6. The molecule has 0 unspecified atom stereocenters. The number of amides is 1. The van der Waals surface area contributed by atoms with E-state index in [2.05, 4.69) is 14.9 Å². The number of benzene rings is 1. The average Bonchev–Trinajstić information content (AvgIpc) is 3.08. The van der Waals surface area contributed by atoms with E-state index in [0.717, 1.165) is 12.5 Å². The highest BCUT2D eigenvalue weighted by molar-refractivity contribution is 5.68. The molecule has 9 nitrogen and oxygen atoms in total. The lowest BCUT2D eigenvalue weighted by Crippen LogP contribution is -2.52. The molecule has 2 fully saturated rings. The zero-order valence-electron chi connectivity index (χ0n) is 22.9. The largest absolute Gasteiger partial charge is 0.444 e. The molecular formula is C27H35F4N5O4. The Hall–Kier alpha value is -3.19. The van der Waals surface area contributed by atoms with Gasteiger partial charge in [-0.25, -0.2) is 14.2 Å². The summed E-state index contributed by atoms with van der Waals surface area (Å²) in [7, 11) is 0. The van der Waals surface area contributed by atoms with Gasteiger partial charge in [0, 0.05) is 57.9 Å². The van der Waals surface area contributed by atoms with Gasteiger partial charge in [-0.2, -0.15) is 18.2 Å². The van der Waals surface area contributed by atoms with Gasteiger partial charge in [0.1, 0.15) is 17.2 Å². The van der Waals surface area contributed by atoms with E-state index in [0.29, 0.717) is 51.6 Å². The quantitative estimate of drug-likeness (QED) is 0.519. The van der Waals surface area contributed by atoms with Gasteiger partial charge in [0.05, 0.1) is 5.60 Å². The van der Waals surface area contributed by atoms with Crippen molar-refractivity contribution in [2.24, 2.45) is 0 Å². The number of hydrogen-bond acceptors (Lipinski definition) is 8. The molecule has 2 aliphatic rings. The molecule has 0 saturated carbocycles. The Morgan fingerprint density at radius 1 is 1.02 bits per heavy atom. The van der Waals surface area contributed by atoms with Crippen LogP contribution in [0.5, 0.6) is 11.6 Å². The molecule has 0 radical (unpaired) electrons. The molecule has 0 spiro atoms. The summed E-state index contributed by atoms with van der Waals surface area (Å²) in [6, 6.07) is 5.70. The van der Waals surface area contributed by atoms with Gasteiger partial charge in [0.2, 0.25) is 11.8 Å². The van der Waals surface area contributed by atoms with E-state index in [1.165, 1.54) is 18.2 Å². The van der Waals surface area contributed by atoms with Gasteiger partial charge in [-0.3, -0.25) is 4.90 Å². The molecule has 13 heteroatoms. The zero-order chi connectivity index (χ0) is 29.1. The Balaban J connectivity index is 1.39. The lowest BCUT2D eigenvalue weighted by atomic mass is 9.91. The maximum absolute atomic E-state index is 13.6. The van der Waals surface area contributed by atoms with Gasteiger partial charge in [-0.05, 0) is 52.2 Å². The predicted molar refractivity (Wildman–Crippen MR) is 139 cm³/mol. The smallest absolute Gasteiger partial charge is 0.433 e. The third-order valence-electron chi connectivity index (χ3n) is 6.73. The molecule has 1 aromatic carbocycles. The maximum Gasteiger partial charge on any atom is 0.433 e. The van der Waals surface area contributed by atoms with Crippen molar-refractivity contribution in [3.8, 4) is 11.6 Å². The fourth-order valence-corrected chi connectivity index (χ4v) is 4.74. The molecule has 0 bridgehead atoms. The highest BCUT2D eigenvalue weighted by atomic mass is 19.4. The van der Waals surface area contributed by atoms with Gasteiger partial charge in [0.25, 0.3) is 0 Å². The van der Waals surface area contributed by atoms with Gasteiger partial charge in [0.15, 0.2) is 5.69 Å². The summed E-state index contributed by atoms with van der Waals surface area (Å²) in [4.78, 5) is 25.7. The zero-order valence-corrected chi connectivity index (χ0v) is 22.9. The van der Waals surface area contributed by atoms with Gasteiger partial charge in [-0.15, -0.1) is 0 Å². The van der Waals surface area contributed by atoms with Crippen LogP contribution < -0.4 is 9.64 Å². The van der Waals surface area contributed by atoms with E-state index in [-0.39, 0.29) is 36.8 Å². The number of carbonyl (C=O) groups excluding carboxylic acids is 1. The third-order valence-corrected chi connectivity index (χ3v) is 6.73. The predicted octanol–water partition coefficient (Wildman–Crippen LogP) is 4.70. The van der Waals surface area contributed by atoms with Crippen LogP contribution in [0.1, 0.15) is 45.7 Å². The summed E-state index contributed by atoms with van der Waals surface area (Å²) >= 11 is 0. The van der Waals surface area contributed by atoms with Crippen LogP contribution in [-0.2, 0) is 10.9 Å². The first-order valence-corrected chi connectivity index (χ1v) is 13.3.